The molecule has 1 saturated heterocycles. The van der Waals surface area contributed by atoms with Crippen molar-refractivity contribution in [2.24, 2.45) is 0 Å². The van der Waals surface area contributed by atoms with Gasteiger partial charge in [-0.3, -0.25) is 14.5 Å². The van der Waals surface area contributed by atoms with E-state index in [4.69, 9.17) is 9.52 Å². The molecule has 1 aromatic rings. The molecular weight excluding hydrogens is 210 g/mol. The Labute approximate surface area is 92.3 Å². The maximum absolute atomic E-state index is 11.2. The van der Waals surface area contributed by atoms with Crippen molar-refractivity contribution < 1.29 is 14.3 Å². The lowest BCUT2D eigenvalue weighted by atomic mass is 10.1. The van der Waals surface area contributed by atoms with Crippen LogP contribution < -0.4 is 5.43 Å². The summed E-state index contributed by atoms with van der Waals surface area (Å²) in [6, 6.07) is 1.28. The lowest BCUT2D eigenvalue weighted by molar-refractivity contribution is -0.121. The van der Waals surface area contributed by atoms with Crippen LogP contribution in [0.2, 0.25) is 0 Å². The van der Waals surface area contributed by atoms with E-state index in [0.717, 1.165) is 6.26 Å². The summed E-state index contributed by atoms with van der Waals surface area (Å²) in [5.41, 5.74) is -0.436. The molecule has 1 aliphatic heterocycles. The normalized spacial score (nSPS) is 17.6. The highest BCUT2D eigenvalue weighted by Crippen LogP contribution is 2.11. The van der Waals surface area contributed by atoms with Crippen molar-refractivity contribution in [3.05, 3.63) is 28.3 Å². The quantitative estimate of drug-likeness (QED) is 0.791. The number of aromatic hydroxyl groups is 1. The molecule has 5 heteroatoms. The van der Waals surface area contributed by atoms with Gasteiger partial charge in [-0.25, -0.2) is 0 Å². The van der Waals surface area contributed by atoms with Gasteiger partial charge < -0.3 is 9.52 Å². The van der Waals surface area contributed by atoms with Gasteiger partial charge in [-0.1, -0.05) is 0 Å². The smallest absolute Gasteiger partial charge is 0.226 e. The molecule has 1 fully saturated rings. The minimum Gasteiger partial charge on any atom is -0.502 e. The van der Waals surface area contributed by atoms with E-state index in [1.807, 2.05) is 0 Å². The highest BCUT2D eigenvalue weighted by Gasteiger charge is 2.17. The number of hydrogen-bond acceptors (Lipinski definition) is 5. The van der Waals surface area contributed by atoms with Gasteiger partial charge >= 0.3 is 0 Å². The first-order valence-electron chi connectivity index (χ1n) is 5.20. The molecule has 16 heavy (non-hydrogen) atoms. The number of carbonyl (C=O) groups is 1. The van der Waals surface area contributed by atoms with Crippen molar-refractivity contribution in [3.8, 4) is 5.75 Å². The maximum atomic E-state index is 11.2. The molecule has 5 nitrogen and oxygen atoms in total. The Balaban J connectivity index is 2.01. The Morgan fingerprint density at radius 2 is 2.00 bits per heavy atom. The van der Waals surface area contributed by atoms with E-state index in [0.29, 0.717) is 38.2 Å². The Kier molecular flexibility index (Phi) is 3.05. The number of piperidine rings is 1. The van der Waals surface area contributed by atoms with Crippen molar-refractivity contribution in [2.45, 2.75) is 19.4 Å². The van der Waals surface area contributed by atoms with Gasteiger partial charge in [0.15, 0.2) is 5.75 Å². The minimum atomic E-state index is -0.436. The molecule has 0 aromatic carbocycles. The number of hydrogen-bond donors (Lipinski definition) is 1. The largest absolute Gasteiger partial charge is 0.502 e. The summed E-state index contributed by atoms with van der Waals surface area (Å²) in [4.78, 5) is 24.2. The monoisotopic (exact) mass is 223 g/mol. The van der Waals surface area contributed by atoms with E-state index in [2.05, 4.69) is 4.90 Å². The number of nitrogens with zero attached hydrogens (tertiary/aromatic N) is 1. The first-order valence-corrected chi connectivity index (χ1v) is 5.20. The lowest BCUT2D eigenvalue weighted by Crippen LogP contribution is -2.33. The van der Waals surface area contributed by atoms with E-state index in [9.17, 15) is 9.59 Å². The summed E-state index contributed by atoms with van der Waals surface area (Å²) >= 11 is 0. The fourth-order valence-corrected chi connectivity index (χ4v) is 1.71. The first kappa shape index (κ1) is 10.9. The van der Waals surface area contributed by atoms with Crippen molar-refractivity contribution in [3.63, 3.8) is 0 Å². The second-order valence-corrected chi connectivity index (χ2v) is 3.91. The maximum Gasteiger partial charge on any atom is 0.226 e. The Bertz CT molecular complexity index is 442. The van der Waals surface area contributed by atoms with Gasteiger partial charge in [-0.05, 0) is 0 Å². The topological polar surface area (TPSA) is 70.8 Å². The van der Waals surface area contributed by atoms with Gasteiger partial charge in [0.1, 0.15) is 17.8 Å². The molecule has 0 unspecified atom stereocenters. The molecule has 0 radical (unpaired) electrons. The number of rotatable bonds is 2. The van der Waals surface area contributed by atoms with Crippen LogP contribution in [0.15, 0.2) is 21.5 Å². The van der Waals surface area contributed by atoms with E-state index in [-0.39, 0.29) is 11.5 Å². The zero-order chi connectivity index (χ0) is 11.5. The molecule has 0 aliphatic carbocycles. The Morgan fingerprint density at radius 3 is 2.62 bits per heavy atom. The van der Waals surface area contributed by atoms with Gasteiger partial charge in [0.2, 0.25) is 5.43 Å². The summed E-state index contributed by atoms with van der Waals surface area (Å²) in [6.45, 7) is 1.90. The van der Waals surface area contributed by atoms with Crippen molar-refractivity contribution in [1.29, 1.82) is 0 Å². The first-order chi connectivity index (χ1) is 7.65. The minimum absolute atomic E-state index is 0.281. The summed E-state index contributed by atoms with van der Waals surface area (Å²) in [5.74, 6) is 0.415. The van der Waals surface area contributed by atoms with E-state index >= 15 is 0 Å². The second kappa shape index (κ2) is 4.49. The molecule has 1 aliphatic rings. The molecule has 0 saturated carbocycles. The fourth-order valence-electron chi connectivity index (χ4n) is 1.71. The van der Waals surface area contributed by atoms with Gasteiger partial charge in [0.05, 0.1) is 6.54 Å². The summed E-state index contributed by atoms with van der Waals surface area (Å²) in [7, 11) is 0. The third kappa shape index (κ3) is 2.49. The Morgan fingerprint density at radius 1 is 1.31 bits per heavy atom. The average Bonchev–Trinajstić information content (AvgIpc) is 2.27. The van der Waals surface area contributed by atoms with Crippen LogP contribution >= 0.6 is 0 Å². The van der Waals surface area contributed by atoms with Crippen LogP contribution in [-0.4, -0.2) is 28.9 Å². The second-order valence-electron chi connectivity index (χ2n) is 3.91. The van der Waals surface area contributed by atoms with Crippen LogP contribution in [0.4, 0.5) is 0 Å². The average molecular weight is 223 g/mol. The summed E-state index contributed by atoms with van der Waals surface area (Å²) in [5, 5.41) is 9.02. The van der Waals surface area contributed by atoms with Gasteiger partial charge in [-0.2, -0.15) is 0 Å². The van der Waals surface area contributed by atoms with E-state index < -0.39 is 5.43 Å². The summed E-state index contributed by atoms with van der Waals surface area (Å²) < 4.78 is 5.09. The number of carbonyl (C=O) groups excluding carboxylic acids is 1. The number of Topliss-reactive ketones (excluding diaryl/α,β-unsaturated/α-hetero) is 1. The molecule has 0 amide bonds. The molecule has 2 rings (SSSR count). The van der Waals surface area contributed by atoms with Crippen LogP contribution in [0.25, 0.3) is 0 Å². The van der Waals surface area contributed by atoms with Crippen molar-refractivity contribution in [1.82, 2.24) is 4.90 Å². The SMILES string of the molecule is O=C1CCN(Cc2cc(=O)c(O)co2)CC1. The highest BCUT2D eigenvalue weighted by molar-refractivity contribution is 5.79. The number of ketones is 1. The fraction of sp³-hybridized carbons (Fsp3) is 0.455. The lowest BCUT2D eigenvalue weighted by Gasteiger charge is -2.24. The molecule has 0 bridgehead atoms. The van der Waals surface area contributed by atoms with Crippen LogP contribution in [0.3, 0.4) is 0 Å². The Hall–Kier alpha value is -1.62. The van der Waals surface area contributed by atoms with Crippen LogP contribution in [0, 0.1) is 0 Å². The summed E-state index contributed by atoms with van der Waals surface area (Å²) in [6.07, 6.45) is 2.16. The van der Waals surface area contributed by atoms with Crippen LogP contribution in [0.5, 0.6) is 5.75 Å². The predicted molar refractivity (Wildman–Crippen MR) is 56.2 cm³/mol. The third-order valence-corrected chi connectivity index (χ3v) is 2.66. The third-order valence-electron chi connectivity index (χ3n) is 2.66. The van der Waals surface area contributed by atoms with Crippen LogP contribution in [-0.2, 0) is 11.3 Å². The van der Waals surface area contributed by atoms with Crippen LogP contribution in [0.1, 0.15) is 18.6 Å². The van der Waals surface area contributed by atoms with E-state index in [1.54, 1.807) is 0 Å². The van der Waals surface area contributed by atoms with Gasteiger partial charge in [0.25, 0.3) is 0 Å². The zero-order valence-corrected chi connectivity index (χ0v) is 8.81. The highest BCUT2D eigenvalue weighted by atomic mass is 16.4. The van der Waals surface area contributed by atoms with Gasteiger partial charge in [-0.15, -0.1) is 0 Å². The predicted octanol–water partition coefficient (Wildman–Crippen LogP) is 0.510. The standard InChI is InChI=1S/C11H13NO4/c13-8-1-3-12(4-2-8)6-9-5-10(14)11(15)7-16-9/h5,7,15H,1-4,6H2. The molecule has 1 aromatic heterocycles. The van der Waals surface area contributed by atoms with E-state index in [1.165, 1.54) is 6.07 Å². The molecule has 0 atom stereocenters. The van der Waals surface area contributed by atoms with Crippen molar-refractivity contribution in [2.75, 3.05) is 13.1 Å². The molecule has 86 valence electrons. The molecule has 1 N–H and O–H groups in total. The van der Waals surface area contributed by atoms with Crippen molar-refractivity contribution >= 4 is 5.78 Å². The zero-order valence-electron chi connectivity index (χ0n) is 8.81. The molecular formula is C11H13NO4. The number of likely N-dealkylation sites (tertiary alicyclic amines) is 1. The molecule has 2 heterocycles. The van der Waals surface area contributed by atoms with Gasteiger partial charge in [0, 0.05) is 32.0 Å². The molecule has 0 spiro atoms.